The molecule has 2 amide bonds. The Kier molecular flexibility index (Phi) is 8.05. The van der Waals surface area contributed by atoms with Gasteiger partial charge in [-0.15, -0.1) is 10.2 Å². The Hall–Kier alpha value is -3.13. The van der Waals surface area contributed by atoms with E-state index in [-0.39, 0.29) is 35.6 Å². The maximum atomic E-state index is 12.7. The molecule has 0 radical (unpaired) electrons. The molecular formula is C24H29N5O2S. The van der Waals surface area contributed by atoms with Crippen molar-refractivity contribution in [3.8, 4) is 0 Å². The van der Waals surface area contributed by atoms with Crippen molar-refractivity contribution in [2.24, 2.45) is 13.0 Å². The van der Waals surface area contributed by atoms with Gasteiger partial charge in [0.1, 0.15) is 0 Å². The molecule has 0 unspecified atom stereocenters. The molecule has 168 valence electrons. The van der Waals surface area contributed by atoms with Crippen LogP contribution in [0.1, 0.15) is 54.6 Å². The van der Waals surface area contributed by atoms with E-state index in [9.17, 15) is 9.59 Å². The number of carbonyl (C=O) groups is 2. The zero-order valence-corrected chi connectivity index (χ0v) is 19.6. The lowest BCUT2D eigenvalue weighted by Crippen LogP contribution is -2.33. The number of hydrogen-bond acceptors (Lipinski definition) is 5. The third-order valence-corrected chi connectivity index (χ3v) is 6.17. The summed E-state index contributed by atoms with van der Waals surface area (Å²) in [5.74, 6) is 0.763. The maximum absolute atomic E-state index is 12.7. The fourth-order valence-corrected chi connectivity index (χ4v) is 4.03. The molecular weight excluding hydrogens is 422 g/mol. The molecule has 3 rings (SSSR count). The zero-order chi connectivity index (χ0) is 23.1. The number of hydrogen-bond donors (Lipinski definition) is 2. The van der Waals surface area contributed by atoms with E-state index in [4.69, 9.17) is 0 Å². The molecule has 1 heterocycles. The van der Waals surface area contributed by atoms with E-state index in [0.717, 1.165) is 5.56 Å². The summed E-state index contributed by atoms with van der Waals surface area (Å²) in [4.78, 5) is 25.1. The summed E-state index contributed by atoms with van der Waals surface area (Å²) in [7, 11) is 1.85. The molecule has 0 saturated carbocycles. The second-order valence-electron chi connectivity index (χ2n) is 7.95. The molecule has 0 fully saturated rings. The summed E-state index contributed by atoms with van der Waals surface area (Å²) in [5.41, 5.74) is 1.65. The first-order chi connectivity index (χ1) is 15.4. The van der Waals surface area contributed by atoms with Gasteiger partial charge in [0, 0.05) is 12.6 Å². The predicted molar refractivity (Wildman–Crippen MR) is 126 cm³/mol. The van der Waals surface area contributed by atoms with Crippen LogP contribution in [0.5, 0.6) is 0 Å². The summed E-state index contributed by atoms with van der Waals surface area (Å²) < 4.78 is 1.84. The van der Waals surface area contributed by atoms with Crippen LogP contribution in [-0.2, 0) is 11.8 Å². The highest BCUT2D eigenvalue weighted by molar-refractivity contribution is 7.99. The molecule has 0 aliphatic rings. The van der Waals surface area contributed by atoms with Gasteiger partial charge in [-0.3, -0.25) is 9.59 Å². The van der Waals surface area contributed by atoms with Crippen molar-refractivity contribution < 1.29 is 9.59 Å². The van der Waals surface area contributed by atoms with Crippen LogP contribution in [0.25, 0.3) is 0 Å². The minimum Gasteiger partial charge on any atom is -0.349 e. The molecule has 0 aliphatic carbocycles. The lowest BCUT2D eigenvalue weighted by Gasteiger charge is -2.21. The fourth-order valence-electron chi connectivity index (χ4n) is 3.30. The van der Waals surface area contributed by atoms with Gasteiger partial charge in [0.2, 0.25) is 5.91 Å². The largest absolute Gasteiger partial charge is 0.349 e. The van der Waals surface area contributed by atoms with Crippen LogP contribution in [0.15, 0.2) is 65.8 Å². The summed E-state index contributed by atoms with van der Waals surface area (Å²) in [6.07, 6.45) is 0. The third kappa shape index (κ3) is 5.97. The average Bonchev–Trinajstić information content (AvgIpc) is 3.16. The van der Waals surface area contributed by atoms with Crippen molar-refractivity contribution in [1.82, 2.24) is 25.4 Å². The summed E-state index contributed by atoms with van der Waals surface area (Å²) in [5, 5.41) is 15.3. The van der Waals surface area contributed by atoms with E-state index < -0.39 is 0 Å². The monoisotopic (exact) mass is 451 g/mol. The van der Waals surface area contributed by atoms with Gasteiger partial charge < -0.3 is 15.2 Å². The summed E-state index contributed by atoms with van der Waals surface area (Å²) in [6.45, 7) is 6.01. The number of aromatic nitrogens is 3. The Morgan fingerprint density at radius 1 is 0.938 bits per heavy atom. The van der Waals surface area contributed by atoms with Crippen LogP contribution in [0.2, 0.25) is 0 Å². The third-order valence-electron chi connectivity index (χ3n) is 5.15. The van der Waals surface area contributed by atoms with Crippen LogP contribution < -0.4 is 10.6 Å². The molecule has 2 N–H and O–H groups in total. The van der Waals surface area contributed by atoms with E-state index in [1.165, 1.54) is 11.8 Å². The number of rotatable bonds is 9. The molecule has 7 nitrogen and oxygen atoms in total. The number of nitrogens with zero attached hydrogens (tertiary/aromatic N) is 3. The van der Waals surface area contributed by atoms with E-state index in [2.05, 4.69) is 20.8 Å². The number of benzene rings is 2. The molecule has 32 heavy (non-hydrogen) atoms. The Balaban J connectivity index is 1.62. The SMILES string of the molecule is CC(C)[C@H](NC(=O)c1ccccc1)c1nnc(SCC(=O)N[C@@H](C)c2ccccc2)n1C. The average molecular weight is 452 g/mol. The molecule has 0 aliphatic heterocycles. The molecule has 0 saturated heterocycles. The molecule has 0 bridgehead atoms. The normalized spacial score (nSPS) is 12.9. The van der Waals surface area contributed by atoms with Gasteiger partial charge in [-0.1, -0.05) is 74.1 Å². The van der Waals surface area contributed by atoms with Crippen molar-refractivity contribution in [2.75, 3.05) is 5.75 Å². The standard InChI is InChI=1S/C24H29N5O2S/c1-16(2)21(26-23(31)19-13-9-6-10-14-19)22-27-28-24(29(22)4)32-15-20(30)25-17(3)18-11-7-5-8-12-18/h5-14,16-17,21H,15H2,1-4H3,(H,25,30)(H,26,31)/t17-,21-/m0/s1. The highest BCUT2D eigenvalue weighted by Gasteiger charge is 2.25. The molecule has 0 spiro atoms. The van der Waals surface area contributed by atoms with Crippen molar-refractivity contribution in [3.63, 3.8) is 0 Å². The van der Waals surface area contributed by atoms with Gasteiger partial charge in [-0.25, -0.2) is 0 Å². The zero-order valence-electron chi connectivity index (χ0n) is 18.8. The highest BCUT2D eigenvalue weighted by atomic mass is 32.2. The topological polar surface area (TPSA) is 88.9 Å². The maximum Gasteiger partial charge on any atom is 0.251 e. The molecule has 1 aromatic heterocycles. The van der Waals surface area contributed by atoms with E-state index in [0.29, 0.717) is 16.5 Å². The second kappa shape index (κ2) is 10.9. The van der Waals surface area contributed by atoms with Crippen molar-refractivity contribution in [1.29, 1.82) is 0 Å². The van der Waals surface area contributed by atoms with Gasteiger partial charge in [0.25, 0.3) is 5.91 Å². The van der Waals surface area contributed by atoms with E-state index in [1.807, 2.05) is 80.9 Å². The van der Waals surface area contributed by atoms with Gasteiger partial charge in [0.15, 0.2) is 11.0 Å². The molecule has 2 atom stereocenters. The van der Waals surface area contributed by atoms with Crippen LogP contribution >= 0.6 is 11.8 Å². The Labute approximate surface area is 193 Å². The summed E-state index contributed by atoms with van der Waals surface area (Å²) in [6, 6.07) is 18.6. The van der Waals surface area contributed by atoms with E-state index >= 15 is 0 Å². The number of amides is 2. The number of nitrogens with one attached hydrogen (secondary N) is 2. The number of carbonyl (C=O) groups excluding carboxylic acids is 2. The van der Waals surface area contributed by atoms with Crippen LogP contribution in [0, 0.1) is 5.92 Å². The Morgan fingerprint density at radius 3 is 2.19 bits per heavy atom. The minimum absolute atomic E-state index is 0.0714. The first-order valence-electron chi connectivity index (χ1n) is 10.6. The Morgan fingerprint density at radius 2 is 1.56 bits per heavy atom. The summed E-state index contributed by atoms with van der Waals surface area (Å²) >= 11 is 1.32. The second-order valence-corrected chi connectivity index (χ2v) is 8.89. The predicted octanol–water partition coefficient (Wildman–Crippen LogP) is 3.91. The van der Waals surface area contributed by atoms with Gasteiger partial charge in [-0.2, -0.15) is 0 Å². The van der Waals surface area contributed by atoms with Gasteiger partial charge in [0.05, 0.1) is 17.8 Å². The van der Waals surface area contributed by atoms with Crippen LogP contribution in [-0.4, -0.2) is 32.3 Å². The minimum atomic E-state index is -0.304. The first kappa shape index (κ1) is 23.5. The van der Waals surface area contributed by atoms with Crippen molar-refractivity contribution in [2.45, 2.75) is 38.0 Å². The smallest absolute Gasteiger partial charge is 0.251 e. The lowest BCUT2D eigenvalue weighted by molar-refractivity contribution is -0.119. The van der Waals surface area contributed by atoms with E-state index in [1.54, 1.807) is 12.1 Å². The first-order valence-corrected chi connectivity index (χ1v) is 11.6. The van der Waals surface area contributed by atoms with Crippen molar-refractivity contribution in [3.05, 3.63) is 77.6 Å². The highest BCUT2D eigenvalue weighted by Crippen LogP contribution is 2.24. The molecule has 3 aromatic rings. The molecule has 2 aromatic carbocycles. The lowest BCUT2D eigenvalue weighted by atomic mass is 10.0. The molecule has 8 heteroatoms. The van der Waals surface area contributed by atoms with Gasteiger partial charge in [-0.05, 0) is 30.5 Å². The fraction of sp³-hybridized carbons (Fsp3) is 0.333. The van der Waals surface area contributed by atoms with Crippen LogP contribution in [0.4, 0.5) is 0 Å². The Bertz CT molecular complexity index is 1040. The van der Waals surface area contributed by atoms with Gasteiger partial charge >= 0.3 is 0 Å². The van der Waals surface area contributed by atoms with Crippen molar-refractivity contribution >= 4 is 23.6 Å². The van der Waals surface area contributed by atoms with Crippen LogP contribution in [0.3, 0.4) is 0 Å². The number of thioether (sulfide) groups is 1. The quantitative estimate of drug-likeness (QED) is 0.482.